The Morgan fingerprint density at radius 1 is 1.57 bits per heavy atom. The molecule has 1 atom stereocenters. The summed E-state index contributed by atoms with van der Waals surface area (Å²) >= 11 is 0. The van der Waals surface area contributed by atoms with E-state index >= 15 is 0 Å². The van der Waals surface area contributed by atoms with Gasteiger partial charge in [-0.05, 0) is 6.92 Å². The number of rotatable bonds is 2. The summed E-state index contributed by atoms with van der Waals surface area (Å²) in [6.45, 7) is 1.47. The molecule has 0 spiro atoms. The van der Waals surface area contributed by atoms with Crippen molar-refractivity contribution in [3.05, 3.63) is 6.33 Å². The Morgan fingerprint density at radius 3 is 3.07 bits per heavy atom. The molecule has 0 saturated heterocycles. The number of H-pyrrole nitrogens is 1. The summed E-state index contributed by atoms with van der Waals surface area (Å²) in [5, 5.41) is 15.9. The fraction of sp³-hybridized carbons (Fsp3) is 0.286. The number of aliphatic hydroxyl groups is 1. The molecule has 14 heavy (non-hydrogen) atoms. The summed E-state index contributed by atoms with van der Waals surface area (Å²) in [4.78, 5) is 7.69. The first-order valence-electron chi connectivity index (χ1n) is 3.97. The van der Waals surface area contributed by atoms with E-state index in [0.717, 1.165) is 0 Å². The van der Waals surface area contributed by atoms with E-state index in [4.69, 9.17) is 15.6 Å². The van der Waals surface area contributed by atoms with E-state index in [1.165, 1.54) is 13.3 Å². The summed E-state index contributed by atoms with van der Waals surface area (Å²) in [5.74, 6) is 0.465. The van der Waals surface area contributed by atoms with Gasteiger partial charge in [0.05, 0.1) is 0 Å². The standard InChI is InChI=1S/C7H9N5O2/c1-3(13)14-7-4-5(8)9-2-10-6(4)11-12-7/h2-3,13H,1H3,(H3,8,9,10,11,12). The molecule has 2 aromatic rings. The van der Waals surface area contributed by atoms with Crippen LogP contribution in [-0.4, -0.2) is 31.6 Å². The van der Waals surface area contributed by atoms with E-state index in [0.29, 0.717) is 11.0 Å². The van der Waals surface area contributed by atoms with Gasteiger partial charge >= 0.3 is 0 Å². The zero-order valence-electron chi connectivity index (χ0n) is 7.43. The van der Waals surface area contributed by atoms with Crippen LogP contribution in [0.15, 0.2) is 6.33 Å². The number of aliphatic hydroxyl groups excluding tert-OH is 1. The Bertz CT molecular complexity index is 452. The first-order valence-corrected chi connectivity index (χ1v) is 3.97. The second kappa shape index (κ2) is 3.11. The summed E-state index contributed by atoms with van der Waals surface area (Å²) < 4.78 is 5.00. The van der Waals surface area contributed by atoms with Crippen LogP contribution in [-0.2, 0) is 0 Å². The molecule has 0 aliphatic heterocycles. The Morgan fingerprint density at radius 2 is 2.36 bits per heavy atom. The van der Waals surface area contributed by atoms with E-state index in [9.17, 15) is 0 Å². The number of ether oxygens (including phenoxy) is 1. The first kappa shape index (κ1) is 8.70. The molecule has 0 aliphatic rings. The number of hydrogen-bond acceptors (Lipinski definition) is 6. The smallest absolute Gasteiger partial charge is 0.248 e. The SMILES string of the molecule is CC(O)Oc1n[nH]c2ncnc(N)c12. The highest BCUT2D eigenvalue weighted by Crippen LogP contribution is 2.25. The Hall–Kier alpha value is -1.89. The third-order valence-corrected chi connectivity index (χ3v) is 1.64. The molecule has 0 aromatic carbocycles. The highest BCUT2D eigenvalue weighted by Gasteiger charge is 2.13. The van der Waals surface area contributed by atoms with Crippen molar-refractivity contribution >= 4 is 16.9 Å². The molecule has 0 fully saturated rings. The van der Waals surface area contributed by atoms with Gasteiger partial charge in [-0.3, -0.25) is 5.10 Å². The van der Waals surface area contributed by atoms with Crippen LogP contribution < -0.4 is 10.5 Å². The van der Waals surface area contributed by atoms with Gasteiger partial charge in [0.25, 0.3) is 0 Å². The molecule has 4 N–H and O–H groups in total. The zero-order chi connectivity index (χ0) is 10.1. The minimum atomic E-state index is -0.957. The number of nitrogen functional groups attached to an aromatic ring is 1. The van der Waals surface area contributed by atoms with Gasteiger partial charge in [-0.25, -0.2) is 9.97 Å². The number of anilines is 1. The highest BCUT2D eigenvalue weighted by atomic mass is 16.6. The summed E-state index contributed by atoms with van der Waals surface area (Å²) in [6, 6.07) is 0. The van der Waals surface area contributed by atoms with Crippen LogP contribution in [0, 0.1) is 0 Å². The molecule has 0 bridgehead atoms. The Kier molecular flexibility index (Phi) is 1.93. The largest absolute Gasteiger partial charge is 0.447 e. The number of nitrogens with one attached hydrogen (secondary N) is 1. The van der Waals surface area contributed by atoms with Gasteiger partial charge in [0.1, 0.15) is 17.5 Å². The predicted octanol–water partition coefficient (Wildman–Crippen LogP) is -0.348. The maximum absolute atomic E-state index is 9.02. The van der Waals surface area contributed by atoms with Crippen molar-refractivity contribution < 1.29 is 9.84 Å². The van der Waals surface area contributed by atoms with Gasteiger partial charge in [0.2, 0.25) is 5.88 Å². The van der Waals surface area contributed by atoms with Crippen molar-refractivity contribution in [1.29, 1.82) is 0 Å². The minimum absolute atomic E-state index is 0.202. The minimum Gasteiger partial charge on any atom is -0.447 e. The average molecular weight is 195 g/mol. The lowest BCUT2D eigenvalue weighted by molar-refractivity contribution is -0.00261. The molecule has 7 heteroatoms. The summed E-state index contributed by atoms with van der Waals surface area (Å²) in [6.07, 6.45) is 0.364. The maximum atomic E-state index is 9.02. The van der Waals surface area contributed by atoms with E-state index in [-0.39, 0.29) is 11.7 Å². The topological polar surface area (TPSA) is 110 Å². The van der Waals surface area contributed by atoms with Crippen LogP contribution in [0.25, 0.3) is 11.0 Å². The van der Waals surface area contributed by atoms with E-state index in [1.54, 1.807) is 0 Å². The van der Waals surface area contributed by atoms with Gasteiger partial charge in [-0.2, -0.15) is 0 Å². The maximum Gasteiger partial charge on any atom is 0.248 e. The van der Waals surface area contributed by atoms with Gasteiger partial charge in [-0.1, -0.05) is 0 Å². The number of nitrogens with zero attached hydrogens (tertiary/aromatic N) is 3. The van der Waals surface area contributed by atoms with Crippen molar-refractivity contribution in [3.63, 3.8) is 0 Å². The zero-order valence-corrected chi connectivity index (χ0v) is 7.43. The van der Waals surface area contributed by atoms with E-state index in [1.807, 2.05) is 0 Å². The number of hydrogen-bond donors (Lipinski definition) is 3. The monoisotopic (exact) mass is 195 g/mol. The lowest BCUT2D eigenvalue weighted by Crippen LogP contribution is -2.10. The molecule has 2 rings (SSSR count). The van der Waals surface area contributed by atoms with Crippen molar-refractivity contribution in [3.8, 4) is 5.88 Å². The van der Waals surface area contributed by atoms with Crippen molar-refractivity contribution in [2.75, 3.05) is 5.73 Å². The Labute approximate surface area is 78.9 Å². The fourth-order valence-electron chi connectivity index (χ4n) is 1.10. The third kappa shape index (κ3) is 1.33. The van der Waals surface area contributed by atoms with Crippen molar-refractivity contribution in [1.82, 2.24) is 20.2 Å². The molecule has 0 saturated carbocycles. The van der Waals surface area contributed by atoms with Crippen LogP contribution in [0.4, 0.5) is 5.82 Å². The van der Waals surface area contributed by atoms with Crippen LogP contribution in [0.1, 0.15) is 6.92 Å². The number of aromatic amines is 1. The second-order valence-corrected chi connectivity index (χ2v) is 2.73. The first-order chi connectivity index (χ1) is 6.68. The van der Waals surface area contributed by atoms with E-state index in [2.05, 4.69) is 20.2 Å². The normalized spacial score (nSPS) is 13.0. The fourth-order valence-corrected chi connectivity index (χ4v) is 1.10. The van der Waals surface area contributed by atoms with Crippen LogP contribution in [0.5, 0.6) is 5.88 Å². The summed E-state index contributed by atoms with van der Waals surface area (Å²) in [7, 11) is 0. The predicted molar refractivity (Wildman–Crippen MR) is 48.4 cm³/mol. The van der Waals surface area contributed by atoms with E-state index < -0.39 is 6.29 Å². The number of nitrogens with two attached hydrogens (primary N) is 1. The molecule has 2 heterocycles. The number of fused-ring (bicyclic) bond motifs is 1. The molecule has 0 amide bonds. The van der Waals surface area contributed by atoms with Crippen molar-refractivity contribution in [2.24, 2.45) is 0 Å². The molecule has 7 nitrogen and oxygen atoms in total. The molecule has 0 radical (unpaired) electrons. The van der Waals surface area contributed by atoms with Gasteiger partial charge in [-0.15, -0.1) is 5.10 Å². The number of aromatic nitrogens is 4. The van der Waals surface area contributed by atoms with Crippen LogP contribution >= 0.6 is 0 Å². The van der Waals surface area contributed by atoms with Gasteiger partial charge in [0, 0.05) is 0 Å². The van der Waals surface area contributed by atoms with Crippen LogP contribution in [0.2, 0.25) is 0 Å². The van der Waals surface area contributed by atoms with Crippen molar-refractivity contribution in [2.45, 2.75) is 13.2 Å². The van der Waals surface area contributed by atoms with Crippen LogP contribution in [0.3, 0.4) is 0 Å². The van der Waals surface area contributed by atoms with Gasteiger partial charge < -0.3 is 15.6 Å². The molecule has 74 valence electrons. The second-order valence-electron chi connectivity index (χ2n) is 2.73. The lowest BCUT2D eigenvalue weighted by Gasteiger charge is -2.05. The van der Waals surface area contributed by atoms with Gasteiger partial charge in [0.15, 0.2) is 11.9 Å². The lowest BCUT2D eigenvalue weighted by atomic mass is 10.4. The highest BCUT2D eigenvalue weighted by molar-refractivity contribution is 5.89. The Balaban J connectivity index is 2.55. The average Bonchev–Trinajstić information content (AvgIpc) is 2.49. The molecule has 1 unspecified atom stereocenters. The summed E-state index contributed by atoms with van der Waals surface area (Å²) in [5.41, 5.74) is 6.08. The molecular formula is C7H9N5O2. The molecule has 0 aliphatic carbocycles. The molecule has 2 aromatic heterocycles. The quantitative estimate of drug-likeness (QED) is 0.565. The third-order valence-electron chi connectivity index (χ3n) is 1.64. The molecular weight excluding hydrogens is 186 g/mol.